The van der Waals surface area contributed by atoms with Crippen LogP contribution >= 0.6 is 35.3 Å². The molecule has 1 aromatic heterocycles. The Labute approximate surface area is 178 Å². The SMILES string of the molecule is CCNC(=NCC(C)(O)c1ccsc1)NCCS(=O)(=O)N(CC)CC.I. The summed E-state index contributed by atoms with van der Waals surface area (Å²) in [5.41, 5.74) is -0.239. The molecule has 0 saturated carbocycles. The van der Waals surface area contributed by atoms with Gasteiger partial charge in [-0.15, -0.1) is 24.0 Å². The number of aliphatic imine (C=N–C) groups is 1. The number of hydrogen-bond acceptors (Lipinski definition) is 5. The minimum absolute atomic E-state index is 0. The van der Waals surface area contributed by atoms with E-state index in [1.165, 1.54) is 15.6 Å². The number of sulfonamides is 1. The summed E-state index contributed by atoms with van der Waals surface area (Å²) in [6.45, 7) is 9.32. The van der Waals surface area contributed by atoms with Gasteiger partial charge in [0.25, 0.3) is 0 Å². The van der Waals surface area contributed by atoms with Gasteiger partial charge < -0.3 is 15.7 Å². The van der Waals surface area contributed by atoms with Gasteiger partial charge in [-0.05, 0) is 36.2 Å². The molecule has 26 heavy (non-hydrogen) atoms. The lowest BCUT2D eigenvalue weighted by molar-refractivity contribution is 0.0677. The molecule has 0 aromatic carbocycles. The van der Waals surface area contributed by atoms with Crippen molar-refractivity contribution >= 4 is 51.3 Å². The van der Waals surface area contributed by atoms with Gasteiger partial charge in [0.15, 0.2) is 5.96 Å². The second kappa shape index (κ2) is 12.1. The first kappa shape index (κ1) is 25.6. The van der Waals surface area contributed by atoms with E-state index in [2.05, 4.69) is 15.6 Å². The third kappa shape index (κ3) is 8.07. The molecule has 1 rings (SSSR count). The zero-order valence-electron chi connectivity index (χ0n) is 15.9. The van der Waals surface area contributed by atoms with Crippen molar-refractivity contribution in [3.05, 3.63) is 22.4 Å². The van der Waals surface area contributed by atoms with Crippen molar-refractivity contribution in [2.45, 2.75) is 33.3 Å². The Morgan fingerprint density at radius 2 is 1.96 bits per heavy atom. The molecule has 1 unspecified atom stereocenters. The summed E-state index contributed by atoms with van der Waals surface area (Å²) in [7, 11) is -3.27. The van der Waals surface area contributed by atoms with Gasteiger partial charge in [-0.25, -0.2) is 17.7 Å². The quantitative estimate of drug-likeness (QED) is 0.250. The highest BCUT2D eigenvalue weighted by Crippen LogP contribution is 2.23. The van der Waals surface area contributed by atoms with Crippen LogP contribution in [0.1, 0.15) is 33.3 Å². The number of thiophene rings is 1. The number of rotatable bonds is 10. The normalized spacial score (nSPS) is 14.6. The Bertz CT molecular complexity index is 630. The number of guanidine groups is 1. The summed E-state index contributed by atoms with van der Waals surface area (Å²) in [5, 5.41) is 20.4. The van der Waals surface area contributed by atoms with E-state index in [1.54, 1.807) is 6.92 Å². The molecule has 0 saturated heterocycles. The highest BCUT2D eigenvalue weighted by atomic mass is 127. The Balaban J connectivity index is 0.00000625. The Kier molecular flexibility index (Phi) is 11.9. The van der Waals surface area contributed by atoms with Crippen LogP contribution in [0, 0.1) is 0 Å². The molecule has 0 aliphatic rings. The van der Waals surface area contributed by atoms with Gasteiger partial charge in [0.2, 0.25) is 10.0 Å². The predicted molar refractivity (Wildman–Crippen MR) is 120 cm³/mol. The average Bonchev–Trinajstić information content (AvgIpc) is 3.08. The molecule has 0 amide bonds. The minimum atomic E-state index is -3.27. The third-order valence-corrected chi connectivity index (χ3v) is 6.49. The molecule has 0 bridgehead atoms. The molecule has 0 spiro atoms. The van der Waals surface area contributed by atoms with E-state index in [0.717, 1.165) is 5.56 Å². The zero-order chi connectivity index (χ0) is 18.9. The van der Waals surface area contributed by atoms with Gasteiger partial charge in [-0.3, -0.25) is 0 Å². The molecule has 0 radical (unpaired) electrons. The maximum absolute atomic E-state index is 12.2. The Morgan fingerprint density at radius 3 is 2.46 bits per heavy atom. The number of hydrogen-bond donors (Lipinski definition) is 3. The van der Waals surface area contributed by atoms with Gasteiger partial charge in [-0.2, -0.15) is 11.3 Å². The van der Waals surface area contributed by atoms with Crippen LogP contribution in [0.15, 0.2) is 21.8 Å². The van der Waals surface area contributed by atoms with Crippen molar-refractivity contribution in [1.82, 2.24) is 14.9 Å². The van der Waals surface area contributed by atoms with Crippen LogP contribution in [0.4, 0.5) is 0 Å². The van der Waals surface area contributed by atoms with Crippen LogP contribution in [-0.2, 0) is 15.6 Å². The first-order valence-electron chi connectivity index (χ1n) is 8.51. The minimum Gasteiger partial charge on any atom is -0.383 e. The number of nitrogens with one attached hydrogen (secondary N) is 2. The maximum Gasteiger partial charge on any atom is 0.215 e. The zero-order valence-corrected chi connectivity index (χ0v) is 19.8. The molecule has 0 aliphatic heterocycles. The fourth-order valence-corrected chi connectivity index (χ4v) is 4.47. The topological polar surface area (TPSA) is 94.0 Å². The van der Waals surface area contributed by atoms with E-state index in [0.29, 0.717) is 25.6 Å². The lowest BCUT2D eigenvalue weighted by atomic mass is 10.00. The lowest BCUT2D eigenvalue weighted by Gasteiger charge is -2.21. The molecule has 1 atom stereocenters. The summed E-state index contributed by atoms with van der Waals surface area (Å²) in [4.78, 5) is 4.39. The number of nitrogens with zero attached hydrogens (tertiary/aromatic N) is 2. The van der Waals surface area contributed by atoms with Crippen molar-refractivity contribution in [1.29, 1.82) is 0 Å². The second-order valence-electron chi connectivity index (χ2n) is 5.81. The third-order valence-electron chi connectivity index (χ3n) is 3.78. The summed E-state index contributed by atoms with van der Waals surface area (Å²) in [6.07, 6.45) is 0. The van der Waals surface area contributed by atoms with Gasteiger partial charge in [0.1, 0.15) is 5.60 Å². The summed E-state index contributed by atoms with van der Waals surface area (Å²) in [6, 6.07) is 1.87. The highest BCUT2D eigenvalue weighted by Gasteiger charge is 2.23. The average molecular weight is 518 g/mol. The molecule has 1 aromatic rings. The maximum atomic E-state index is 12.2. The van der Waals surface area contributed by atoms with E-state index < -0.39 is 15.6 Å². The van der Waals surface area contributed by atoms with Gasteiger partial charge in [0.05, 0.1) is 12.3 Å². The van der Waals surface area contributed by atoms with Crippen molar-refractivity contribution in [3.8, 4) is 0 Å². The first-order chi connectivity index (χ1) is 11.8. The fourth-order valence-electron chi connectivity index (χ4n) is 2.28. The molecule has 0 fully saturated rings. The molecule has 10 heteroatoms. The van der Waals surface area contributed by atoms with Crippen LogP contribution in [-0.4, -0.2) is 62.3 Å². The molecule has 152 valence electrons. The van der Waals surface area contributed by atoms with E-state index in [1.807, 2.05) is 37.6 Å². The highest BCUT2D eigenvalue weighted by molar-refractivity contribution is 14.0. The first-order valence-corrected chi connectivity index (χ1v) is 11.1. The largest absolute Gasteiger partial charge is 0.383 e. The number of aliphatic hydroxyl groups is 1. The Hall–Kier alpha value is -0.430. The monoisotopic (exact) mass is 518 g/mol. The van der Waals surface area contributed by atoms with Gasteiger partial charge >= 0.3 is 0 Å². The van der Waals surface area contributed by atoms with Crippen LogP contribution in [0.25, 0.3) is 0 Å². The second-order valence-corrected chi connectivity index (χ2v) is 8.68. The molecule has 0 aliphatic carbocycles. The summed E-state index contributed by atoms with van der Waals surface area (Å²) < 4.78 is 25.8. The van der Waals surface area contributed by atoms with Gasteiger partial charge in [-0.1, -0.05) is 13.8 Å². The Morgan fingerprint density at radius 1 is 1.31 bits per heavy atom. The van der Waals surface area contributed by atoms with E-state index >= 15 is 0 Å². The van der Waals surface area contributed by atoms with E-state index in [9.17, 15) is 13.5 Å². The molecule has 1 heterocycles. The molecule has 7 nitrogen and oxygen atoms in total. The van der Waals surface area contributed by atoms with Crippen molar-refractivity contribution < 1.29 is 13.5 Å². The van der Waals surface area contributed by atoms with Gasteiger partial charge in [0, 0.05) is 26.2 Å². The lowest BCUT2D eigenvalue weighted by Crippen LogP contribution is -2.42. The number of halogens is 1. The smallest absolute Gasteiger partial charge is 0.215 e. The summed E-state index contributed by atoms with van der Waals surface area (Å²) >= 11 is 1.52. The summed E-state index contributed by atoms with van der Waals surface area (Å²) in [5.74, 6) is 0.493. The van der Waals surface area contributed by atoms with Crippen LogP contribution in [0.2, 0.25) is 0 Å². The van der Waals surface area contributed by atoms with Crippen LogP contribution in [0.3, 0.4) is 0 Å². The van der Waals surface area contributed by atoms with E-state index in [4.69, 9.17) is 0 Å². The van der Waals surface area contributed by atoms with Crippen molar-refractivity contribution in [3.63, 3.8) is 0 Å². The standard InChI is InChI=1S/C16H30N4O3S2.HI/c1-5-17-15(18-9-11-25(22,23)20(6-2)7-3)19-13-16(4,21)14-8-10-24-12-14;/h8,10,12,21H,5-7,9,11,13H2,1-4H3,(H2,17,18,19);1H. The molecular formula is C16H31IN4O3S2. The molecule has 3 N–H and O–H groups in total. The van der Waals surface area contributed by atoms with Crippen molar-refractivity contribution in [2.75, 3.05) is 38.5 Å². The predicted octanol–water partition coefficient (Wildman–Crippen LogP) is 1.80. The van der Waals surface area contributed by atoms with Crippen molar-refractivity contribution in [2.24, 2.45) is 4.99 Å². The van der Waals surface area contributed by atoms with Crippen LogP contribution < -0.4 is 10.6 Å². The molecular weight excluding hydrogens is 487 g/mol. The van der Waals surface area contributed by atoms with E-state index in [-0.39, 0.29) is 42.8 Å². The fraction of sp³-hybridized carbons (Fsp3) is 0.688. The van der Waals surface area contributed by atoms with Crippen LogP contribution in [0.5, 0.6) is 0 Å².